The largest absolute Gasteiger partial charge is 0.457 e. The van der Waals surface area contributed by atoms with Crippen LogP contribution in [0.15, 0.2) is 52.4 Å². The van der Waals surface area contributed by atoms with Crippen molar-refractivity contribution in [2.75, 3.05) is 12.4 Å². The maximum absolute atomic E-state index is 11.1. The van der Waals surface area contributed by atoms with E-state index in [1.165, 1.54) is 6.07 Å². The number of H-pyrrole nitrogens is 1. The number of pyridine rings is 1. The number of aromatic amines is 1. The molecule has 0 aliphatic carbocycles. The molecule has 2 aromatic rings. The molecule has 1 heterocycles. The highest BCUT2D eigenvalue weighted by Gasteiger charge is 1.99. The average molecular weight is 257 g/mol. The number of amidine groups is 1. The molecule has 0 saturated carbocycles. The van der Waals surface area contributed by atoms with Crippen molar-refractivity contribution in [2.45, 2.75) is 6.92 Å². The Balaban J connectivity index is 2.08. The van der Waals surface area contributed by atoms with Crippen LogP contribution in [-0.2, 0) is 0 Å². The highest BCUT2D eigenvalue weighted by Crippen LogP contribution is 2.21. The summed E-state index contributed by atoms with van der Waals surface area (Å²) in [4.78, 5) is 17.7. The molecule has 0 bridgehead atoms. The van der Waals surface area contributed by atoms with Crippen LogP contribution in [0.2, 0.25) is 0 Å². The molecule has 5 nitrogen and oxygen atoms in total. The van der Waals surface area contributed by atoms with Crippen molar-refractivity contribution < 1.29 is 4.74 Å². The van der Waals surface area contributed by atoms with Gasteiger partial charge in [-0.1, -0.05) is 0 Å². The second-order valence-electron chi connectivity index (χ2n) is 3.95. The fourth-order valence-electron chi connectivity index (χ4n) is 1.50. The van der Waals surface area contributed by atoms with Crippen molar-refractivity contribution in [3.63, 3.8) is 0 Å². The SMILES string of the molecule is CN=C(C)Nc1ccc(Oc2cc[nH]c(=O)c2)cc1. The summed E-state index contributed by atoms with van der Waals surface area (Å²) < 4.78 is 5.57. The standard InChI is InChI=1S/C14H15N3O2/c1-10(15-2)17-11-3-5-12(6-4-11)19-13-7-8-16-14(18)9-13/h3-9H,1-2H3,(H,15,17)(H,16,18). The van der Waals surface area contributed by atoms with Crippen LogP contribution in [0.1, 0.15) is 6.92 Å². The lowest BCUT2D eigenvalue weighted by atomic mass is 10.3. The summed E-state index contributed by atoms with van der Waals surface area (Å²) in [6.07, 6.45) is 1.55. The van der Waals surface area contributed by atoms with Crippen LogP contribution in [0.3, 0.4) is 0 Å². The molecule has 19 heavy (non-hydrogen) atoms. The van der Waals surface area contributed by atoms with Gasteiger partial charge in [0.05, 0.1) is 5.84 Å². The predicted molar refractivity (Wildman–Crippen MR) is 76.2 cm³/mol. The van der Waals surface area contributed by atoms with Gasteiger partial charge in [-0.25, -0.2) is 0 Å². The van der Waals surface area contributed by atoms with Crippen molar-refractivity contribution >= 4 is 11.5 Å². The van der Waals surface area contributed by atoms with Gasteiger partial charge in [0.1, 0.15) is 11.5 Å². The number of benzene rings is 1. The molecular formula is C14H15N3O2. The molecule has 0 atom stereocenters. The Kier molecular flexibility index (Phi) is 3.97. The molecule has 2 rings (SSSR count). The quantitative estimate of drug-likeness (QED) is 0.656. The Labute approximate surface area is 111 Å². The van der Waals surface area contributed by atoms with Crippen molar-refractivity contribution in [3.05, 3.63) is 52.9 Å². The van der Waals surface area contributed by atoms with Crippen molar-refractivity contribution in [3.8, 4) is 11.5 Å². The van der Waals surface area contributed by atoms with Crippen LogP contribution in [0.5, 0.6) is 11.5 Å². The van der Waals surface area contributed by atoms with Gasteiger partial charge in [0, 0.05) is 25.0 Å². The number of aliphatic imine (C=N–C) groups is 1. The summed E-state index contributed by atoms with van der Waals surface area (Å²) in [5, 5.41) is 3.13. The van der Waals surface area contributed by atoms with Crippen LogP contribution in [0.25, 0.3) is 0 Å². The van der Waals surface area contributed by atoms with Gasteiger partial charge < -0.3 is 15.0 Å². The van der Waals surface area contributed by atoms with Gasteiger partial charge in [-0.05, 0) is 37.3 Å². The number of nitrogens with zero attached hydrogens (tertiary/aromatic N) is 1. The molecule has 98 valence electrons. The number of hydrogen-bond donors (Lipinski definition) is 2. The molecule has 5 heteroatoms. The lowest BCUT2D eigenvalue weighted by Gasteiger charge is -2.07. The van der Waals surface area contributed by atoms with Gasteiger partial charge in [-0.3, -0.25) is 9.79 Å². The van der Waals surface area contributed by atoms with Crippen LogP contribution < -0.4 is 15.6 Å². The number of ether oxygens (including phenoxy) is 1. The fourth-order valence-corrected chi connectivity index (χ4v) is 1.50. The molecule has 0 saturated heterocycles. The first kappa shape index (κ1) is 12.9. The Morgan fingerprint density at radius 2 is 1.95 bits per heavy atom. The highest BCUT2D eigenvalue weighted by molar-refractivity contribution is 5.93. The third kappa shape index (κ3) is 3.70. The lowest BCUT2D eigenvalue weighted by Crippen LogP contribution is -2.06. The third-order valence-electron chi connectivity index (χ3n) is 2.50. The summed E-state index contributed by atoms with van der Waals surface area (Å²) in [5.41, 5.74) is 0.743. The van der Waals surface area contributed by atoms with Gasteiger partial charge >= 0.3 is 0 Å². The minimum absolute atomic E-state index is 0.189. The van der Waals surface area contributed by atoms with E-state index < -0.39 is 0 Å². The monoisotopic (exact) mass is 257 g/mol. The van der Waals surface area contributed by atoms with E-state index in [2.05, 4.69) is 15.3 Å². The molecule has 0 aliphatic heterocycles. The Hall–Kier alpha value is -2.56. The molecule has 0 unspecified atom stereocenters. The normalized spacial score (nSPS) is 11.2. The third-order valence-corrected chi connectivity index (χ3v) is 2.50. The molecule has 2 N–H and O–H groups in total. The Bertz CT molecular complexity index is 630. The predicted octanol–water partition coefficient (Wildman–Crippen LogP) is 2.63. The maximum Gasteiger partial charge on any atom is 0.251 e. The first-order chi connectivity index (χ1) is 9.17. The van der Waals surface area contributed by atoms with Gasteiger partial charge in [-0.2, -0.15) is 0 Å². The van der Waals surface area contributed by atoms with Crippen LogP contribution in [0, 0.1) is 0 Å². The summed E-state index contributed by atoms with van der Waals surface area (Å²) in [6.45, 7) is 1.89. The van der Waals surface area contributed by atoms with E-state index in [-0.39, 0.29) is 5.56 Å². The first-order valence-electron chi connectivity index (χ1n) is 5.84. The topological polar surface area (TPSA) is 66.5 Å². The zero-order chi connectivity index (χ0) is 13.7. The van der Waals surface area contributed by atoms with E-state index in [0.29, 0.717) is 11.5 Å². The molecule has 0 radical (unpaired) electrons. The van der Waals surface area contributed by atoms with E-state index in [1.54, 1.807) is 19.3 Å². The van der Waals surface area contributed by atoms with E-state index >= 15 is 0 Å². The fraction of sp³-hybridized carbons (Fsp3) is 0.143. The number of anilines is 1. The van der Waals surface area contributed by atoms with Gasteiger partial charge in [-0.15, -0.1) is 0 Å². The highest BCUT2D eigenvalue weighted by atomic mass is 16.5. The van der Waals surface area contributed by atoms with Crippen molar-refractivity contribution in [1.29, 1.82) is 0 Å². The van der Waals surface area contributed by atoms with Crippen molar-refractivity contribution in [2.24, 2.45) is 4.99 Å². The summed E-state index contributed by atoms with van der Waals surface area (Å²) in [7, 11) is 1.73. The number of rotatable bonds is 3. The van der Waals surface area contributed by atoms with Gasteiger partial charge in [0.2, 0.25) is 0 Å². The first-order valence-corrected chi connectivity index (χ1v) is 5.84. The smallest absolute Gasteiger partial charge is 0.251 e. The summed E-state index contributed by atoms with van der Waals surface area (Å²) in [6, 6.07) is 10.5. The van der Waals surface area contributed by atoms with Gasteiger partial charge in [0.25, 0.3) is 5.56 Å². The molecule has 0 fully saturated rings. The van der Waals surface area contributed by atoms with Crippen LogP contribution in [-0.4, -0.2) is 17.9 Å². The Morgan fingerprint density at radius 1 is 1.21 bits per heavy atom. The second-order valence-corrected chi connectivity index (χ2v) is 3.95. The van der Waals surface area contributed by atoms with E-state index in [9.17, 15) is 4.79 Å². The van der Waals surface area contributed by atoms with E-state index in [4.69, 9.17) is 4.74 Å². The minimum Gasteiger partial charge on any atom is -0.457 e. The van der Waals surface area contributed by atoms with E-state index in [0.717, 1.165) is 11.5 Å². The summed E-state index contributed by atoms with van der Waals surface area (Å²) >= 11 is 0. The number of hydrogen-bond acceptors (Lipinski definition) is 3. The molecule has 1 aromatic heterocycles. The molecule has 0 amide bonds. The van der Waals surface area contributed by atoms with E-state index in [1.807, 2.05) is 31.2 Å². The average Bonchev–Trinajstić information content (AvgIpc) is 2.41. The molecular weight excluding hydrogens is 242 g/mol. The van der Waals surface area contributed by atoms with Crippen molar-refractivity contribution in [1.82, 2.24) is 4.98 Å². The Morgan fingerprint density at radius 3 is 2.58 bits per heavy atom. The number of aromatic nitrogens is 1. The lowest BCUT2D eigenvalue weighted by molar-refractivity contribution is 0.481. The number of nitrogens with one attached hydrogen (secondary N) is 2. The molecule has 0 spiro atoms. The maximum atomic E-state index is 11.1. The zero-order valence-electron chi connectivity index (χ0n) is 10.8. The summed E-state index contributed by atoms with van der Waals surface area (Å²) in [5.74, 6) is 2.02. The molecule has 0 aliphatic rings. The van der Waals surface area contributed by atoms with Crippen LogP contribution >= 0.6 is 0 Å². The second kappa shape index (κ2) is 5.86. The van der Waals surface area contributed by atoms with Crippen LogP contribution in [0.4, 0.5) is 5.69 Å². The molecule has 1 aromatic carbocycles. The zero-order valence-corrected chi connectivity index (χ0v) is 10.8. The minimum atomic E-state index is -0.189. The van der Waals surface area contributed by atoms with Gasteiger partial charge in [0.15, 0.2) is 0 Å².